The smallest absolute Gasteiger partial charge is 0.358 e. The van der Waals surface area contributed by atoms with Gasteiger partial charge in [-0.3, -0.25) is 0 Å². The minimum absolute atomic E-state index is 0.371. The minimum atomic E-state index is -5.58. The summed E-state index contributed by atoms with van der Waals surface area (Å²) in [5.74, 6) is -1.47. The van der Waals surface area contributed by atoms with E-state index in [1.165, 1.54) is 0 Å². The third kappa shape index (κ3) is 2.60. The molecule has 0 spiro atoms. The Balaban J connectivity index is 3.73. The van der Waals surface area contributed by atoms with Crippen LogP contribution in [0.3, 0.4) is 0 Å². The van der Waals surface area contributed by atoms with E-state index in [1.54, 1.807) is 0 Å². The minimum Gasteiger partial charge on any atom is -0.358 e. The van der Waals surface area contributed by atoms with Crippen LogP contribution in [0.15, 0.2) is 10.9 Å². The molecule has 0 aliphatic rings. The lowest BCUT2D eigenvalue weighted by molar-refractivity contribution is -0.390. The lowest BCUT2D eigenvalue weighted by atomic mass is 10.1. The molecule has 1 aromatic heterocycles. The van der Waals surface area contributed by atoms with E-state index in [-0.39, 0.29) is 6.07 Å². The first-order chi connectivity index (χ1) is 7.94. The summed E-state index contributed by atoms with van der Waals surface area (Å²) in [6.07, 6.45) is -11.1. The fourth-order valence-corrected chi connectivity index (χ4v) is 1.15. The largest absolute Gasteiger partial charge is 0.424 e. The Bertz CT molecular complexity index is 544. The predicted octanol–water partition coefficient (Wildman–Crippen LogP) is 2.32. The highest BCUT2D eigenvalue weighted by molar-refractivity contribution is 5.36. The lowest BCUT2D eigenvalue weighted by Crippen LogP contribution is -2.28. The summed E-state index contributed by atoms with van der Waals surface area (Å²) >= 11 is 0. The maximum absolute atomic E-state index is 12.3. The summed E-state index contributed by atoms with van der Waals surface area (Å²) in [4.78, 5) is 20.7. The van der Waals surface area contributed by atoms with Crippen molar-refractivity contribution < 1.29 is 31.3 Å². The molecule has 0 unspecified atom stereocenters. The van der Waals surface area contributed by atoms with Crippen molar-refractivity contribution in [2.75, 3.05) is 0 Å². The van der Waals surface area contributed by atoms with E-state index in [1.807, 2.05) is 0 Å². The Kier molecular flexibility index (Phi) is 3.11. The number of aromatic nitrogens is 1. The first-order valence-electron chi connectivity index (χ1n) is 4.00. The molecule has 0 amide bonds. The topological polar surface area (TPSA) is 76.0 Å². The molecular formula is C7H2F6N2O3. The van der Waals surface area contributed by atoms with E-state index >= 15 is 0 Å². The molecule has 0 bridgehead atoms. The Morgan fingerprint density at radius 2 is 1.61 bits per heavy atom. The van der Waals surface area contributed by atoms with Gasteiger partial charge in [-0.15, -0.1) is 0 Å². The van der Waals surface area contributed by atoms with Crippen LogP contribution < -0.4 is 5.56 Å². The number of hydrogen-bond donors (Lipinski definition) is 1. The van der Waals surface area contributed by atoms with Crippen LogP contribution >= 0.6 is 0 Å². The highest BCUT2D eigenvalue weighted by Crippen LogP contribution is 2.39. The van der Waals surface area contributed by atoms with E-state index in [0.29, 0.717) is 0 Å². The van der Waals surface area contributed by atoms with Gasteiger partial charge >= 0.3 is 23.7 Å². The van der Waals surface area contributed by atoms with Gasteiger partial charge in [0.25, 0.3) is 0 Å². The maximum atomic E-state index is 12.3. The van der Waals surface area contributed by atoms with Crippen LogP contribution in [0.1, 0.15) is 11.1 Å². The number of nitrogens with zero attached hydrogens (tertiary/aromatic N) is 1. The van der Waals surface area contributed by atoms with Crippen LogP contribution in [-0.2, 0) is 12.4 Å². The van der Waals surface area contributed by atoms with Gasteiger partial charge in [-0.2, -0.15) is 26.3 Å². The molecule has 1 rings (SSSR count). The number of nitrogens with one attached hydrogen (secondary N) is 1. The van der Waals surface area contributed by atoms with E-state index in [2.05, 4.69) is 0 Å². The Labute approximate surface area is 93.2 Å². The van der Waals surface area contributed by atoms with Crippen molar-refractivity contribution in [3.05, 3.63) is 37.7 Å². The van der Waals surface area contributed by atoms with Crippen LogP contribution in [0.2, 0.25) is 0 Å². The second kappa shape index (κ2) is 3.99. The van der Waals surface area contributed by atoms with Gasteiger partial charge in [0.2, 0.25) is 0 Å². The molecule has 0 aliphatic heterocycles. The van der Waals surface area contributed by atoms with Crippen LogP contribution in [0.4, 0.5) is 32.2 Å². The lowest BCUT2D eigenvalue weighted by Gasteiger charge is -2.13. The summed E-state index contributed by atoms with van der Waals surface area (Å²) < 4.78 is 73.8. The number of H-pyrrole nitrogens is 1. The van der Waals surface area contributed by atoms with Crippen molar-refractivity contribution in [2.24, 2.45) is 0 Å². The molecule has 0 atom stereocenters. The highest BCUT2D eigenvalue weighted by Gasteiger charge is 2.47. The third-order valence-electron chi connectivity index (χ3n) is 1.80. The fraction of sp³-hybridized carbons (Fsp3) is 0.286. The molecule has 5 nitrogen and oxygen atoms in total. The van der Waals surface area contributed by atoms with Crippen molar-refractivity contribution in [1.29, 1.82) is 0 Å². The standard InChI is InChI=1S/C7H2F6N2O3/c8-6(9,10)2-1-3(15(17)18)14-5(16)4(2)7(11,12)13/h1H,(H,14,16). The summed E-state index contributed by atoms with van der Waals surface area (Å²) in [6, 6.07) is -0.371. The zero-order valence-electron chi connectivity index (χ0n) is 8.02. The van der Waals surface area contributed by atoms with Crippen molar-refractivity contribution >= 4 is 5.82 Å². The van der Waals surface area contributed by atoms with Gasteiger partial charge in [-0.05, 0) is 4.92 Å². The van der Waals surface area contributed by atoms with Crippen molar-refractivity contribution in [3.63, 3.8) is 0 Å². The normalized spacial score (nSPS) is 12.6. The average Bonchev–Trinajstić information content (AvgIpc) is 2.12. The van der Waals surface area contributed by atoms with E-state index in [4.69, 9.17) is 0 Å². The van der Waals surface area contributed by atoms with Crippen LogP contribution in [0.25, 0.3) is 0 Å². The molecule has 18 heavy (non-hydrogen) atoms. The Morgan fingerprint density at radius 3 is 1.94 bits per heavy atom. The Morgan fingerprint density at radius 1 is 1.11 bits per heavy atom. The predicted molar refractivity (Wildman–Crippen MR) is 43.7 cm³/mol. The number of pyridine rings is 1. The van der Waals surface area contributed by atoms with Crippen LogP contribution in [0, 0.1) is 10.1 Å². The fourth-order valence-electron chi connectivity index (χ4n) is 1.15. The zero-order valence-corrected chi connectivity index (χ0v) is 8.02. The van der Waals surface area contributed by atoms with Gasteiger partial charge in [-0.1, -0.05) is 0 Å². The Hall–Kier alpha value is -2.07. The van der Waals surface area contributed by atoms with Crippen molar-refractivity contribution in [2.45, 2.75) is 12.4 Å². The quantitative estimate of drug-likeness (QED) is 0.486. The van der Waals surface area contributed by atoms with Gasteiger partial charge in [0.15, 0.2) is 5.56 Å². The summed E-state index contributed by atoms with van der Waals surface area (Å²) in [7, 11) is 0. The molecule has 1 heterocycles. The van der Waals surface area contributed by atoms with Crippen LogP contribution in [-0.4, -0.2) is 9.91 Å². The number of halogens is 6. The molecular weight excluding hydrogens is 274 g/mol. The molecule has 0 fully saturated rings. The van der Waals surface area contributed by atoms with E-state index in [0.717, 1.165) is 4.98 Å². The molecule has 1 aromatic rings. The first kappa shape index (κ1) is 14.0. The number of hydrogen-bond acceptors (Lipinski definition) is 3. The molecule has 0 radical (unpaired) electrons. The molecule has 1 N–H and O–H groups in total. The summed E-state index contributed by atoms with van der Waals surface area (Å²) in [5, 5.41) is 10.2. The SMILES string of the molecule is O=c1[nH]c([N+](=O)[O-])cc(C(F)(F)F)c1C(F)(F)F. The zero-order chi connectivity index (χ0) is 14.3. The van der Waals surface area contributed by atoms with E-state index in [9.17, 15) is 41.3 Å². The van der Waals surface area contributed by atoms with Crippen molar-refractivity contribution in [3.8, 4) is 0 Å². The number of alkyl halides is 6. The summed E-state index contributed by atoms with van der Waals surface area (Å²) in [6.45, 7) is 0. The molecule has 0 saturated heterocycles. The number of aromatic amines is 1. The van der Waals surface area contributed by atoms with Gasteiger partial charge in [-0.25, -0.2) is 9.78 Å². The van der Waals surface area contributed by atoms with Gasteiger partial charge < -0.3 is 10.1 Å². The van der Waals surface area contributed by atoms with Gasteiger partial charge in [0.05, 0.1) is 5.56 Å². The molecule has 0 aromatic carbocycles. The molecule has 11 heteroatoms. The average molecular weight is 276 g/mol. The van der Waals surface area contributed by atoms with Gasteiger partial charge in [0, 0.05) is 6.07 Å². The van der Waals surface area contributed by atoms with Crippen molar-refractivity contribution in [1.82, 2.24) is 4.98 Å². The molecule has 0 saturated carbocycles. The number of nitro groups is 1. The molecule has 0 aliphatic carbocycles. The summed E-state index contributed by atoms with van der Waals surface area (Å²) in [5.41, 5.74) is -7.13. The third-order valence-corrected chi connectivity index (χ3v) is 1.80. The monoisotopic (exact) mass is 276 g/mol. The number of rotatable bonds is 1. The van der Waals surface area contributed by atoms with Crippen LogP contribution in [0.5, 0.6) is 0 Å². The first-order valence-corrected chi connectivity index (χ1v) is 4.00. The van der Waals surface area contributed by atoms with E-state index < -0.39 is 39.8 Å². The van der Waals surface area contributed by atoms with Gasteiger partial charge in [0.1, 0.15) is 0 Å². The second-order valence-corrected chi connectivity index (χ2v) is 3.03. The highest BCUT2D eigenvalue weighted by atomic mass is 19.4. The molecule has 100 valence electrons. The second-order valence-electron chi connectivity index (χ2n) is 3.03. The maximum Gasteiger partial charge on any atom is 0.424 e.